The lowest BCUT2D eigenvalue weighted by Gasteiger charge is -2.13. The Hall–Kier alpha value is -2.26. The maximum absolute atomic E-state index is 12.1. The van der Waals surface area contributed by atoms with E-state index in [1.165, 1.54) is 6.33 Å². The number of aromatic amines is 1. The van der Waals surface area contributed by atoms with Crippen LogP contribution in [0.5, 0.6) is 0 Å². The quantitative estimate of drug-likeness (QED) is 0.748. The highest BCUT2D eigenvalue weighted by Crippen LogP contribution is 2.29. The first-order valence-corrected chi connectivity index (χ1v) is 7.38. The van der Waals surface area contributed by atoms with Crippen LogP contribution < -0.4 is 16.6 Å². The molecule has 23 heavy (non-hydrogen) atoms. The van der Waals surface area contributed by atoms with Gasteiger partial charge in [0.05, 0.1) is 12.4 Å². The lowest BCUT2D eigenvalue weighted by Crippen LogP contribution is -2.26. The highest BCUT2D eigenvalue weighted by atomic mass is 16.5. The number of aromatic nitrogens is 4. The van der Waals surface area contributed by atoms with Crippen LogP contribution in [-0.4, -0.2) is 37.6 Å². The van der Waals surface area contributed by atoms with E-state index >= 15 is 0 Å². The first-order valence-electron chi connectivity index (χ1n) is 8.09. The van der Waals surface area contributed by atoms with Crippen LogP contribution in [0.1, 0.15) is 34.8 Å². The molecule has 2 aromatic rings. The highest BCUT2D eigenvalue weighted by molar-refractivity contribution is 5.91. The number of nitrogens with zero attached hydrogens (tertiary/aromatic N) is 3. The maximum atomic E-state index is 12.1. The van der Waals surface area contributed by atoms with Crippen molar-refractivity contribution in [2.24, 2.45) is 11.7 Å². The largest absolute Gasteiger partial charge is 0.353 e. The number of carbonyl (C=O) groups is 1. The van der Waals surface area contributed by atoms with Gasteiger partial charge in [0.15, 0.2) is 11.2 Å². The molecule has 3 unspecified atom stereocenters. The number of nitrogens with one attached hydrogen (secondary N) is 2. The van der Waals surface area contributed by atoms with Crippen LogP contribution in [0.15, 0.2) is 11.1 Å². The molecule has 1 amide bonds. The molecule has 1 aliphatic heterocycles. The number of rotatable bonds is 3. The summed E-state index contributed by atoms with van der Waals surface area (Å²) in [5.41, 5.74) is 5.98. The van der Waals surface area contributed by atoms with E-state index in [-0.39, 0.29) is 42.3 Å². The average molecular weight is 321 g/mol. The summed E-state index contributed by atoms with van der Waals surface area (Å²) in [5, 5.41) is 2.57. The van der Waals surface area contributed by atoms with Gasteiger partial charge in [-0.1, -0.05) is 13.8 Å². The van der Waals surface area contributed by atoms with Crippen LogP contribution in [-0.2, 0) is 9.53 Å². The fraction of sp³-hybridized carbons (Fsp3) is 0.571. The van der Waals surface area contributed by atoms with Crippen molar-refractivity contribution < 1.29 is 10.9 Å². The summed E-state index contributed by atoms with van der Waals surface area (Å²) in [6.45, 7) is 3.55. The van der Waals surface area contributed by atoms with E-state index in [2.05, 4.69) is 20.3 Å². The Morgan fingerprint density at radius 3 is 3.09 bits per heavy atom. The minimum atomic E-state index is -0.447. The molecule has 0 aromatic carbocycles. The van der Waals surface area contributed by atoms with Crippen molar-refractivity contribution in [2.75, 3.05) is 5.32 Å². The highest BCUT2D eigenvalue weighted by Gasteiger charge is 2.32. The maximum Gasteiger partial charge on any atom is 0.280 e. The van der Waals surface area contributed by atoms with E-state index in [1.54, 1.807) is 18.4 Å². The molecule has 0 aliphatic carbocycles. The van der Waals surface area contributed by atoms with E-state index in [1.807, 2.05) is 0 Å². The third-order valence-electron chi connectivity index (χ3n) is 3.79. The first-order chi connectivity index (χ1) is 11.4. The number of nitrogens with two attached hydrogens (primary N) is 1. The molecule has 9 nitrogen and oxygen atoms in total. The Morgan fingerprint density at radius 1 is 1.65 bits per heavy atom. The zero-order valence-corrected chi connectivity index (χ0v) is 12.9. The Bertz CT molecular complexity index is 816. The third-order valence-corrected chi connectivity index (χ3v) is 3.79. The van der Waals surface area contributed by atoms with E-state index in [4.69, 9.17) is 11.8 Å². The van der Waals surface area contributed by atoms with Crippen molar-refractivity contribution in [2.45, 2.75) is 45.5 Å². The van der Waals surface area contributed by atoms with Crippen LogP contribution >= 0.6 is 0 Å². The predicted octanol–water partition coefficient (Wildman–Crippen LogP) is 0.349. The molecule has 2 aromatic heterocycles. The summed E-state index contributed by atoms with van der Waals surface area (Å²) in [7, 11) is 0. The van der Waals surface area contributed by atoms with Gasteiger partial charge in [-0.05, 0) is 6.90 Å². The van der Waals surface area contributed by atoms with Gasteiger partial charge in [-0.15, -0.1) is 0 Å². The first kappa shape index (κ1) is 14.3. The van der Waals surface area contributed by atoms with E-state index < -0.39 is 11.8 Å². The standard InChI is InChI=1S/C14H20N6O3/c1-6(2)12(21)18-14-17-11-10(13(22)19-14)16-5-20(11)9-4-8(15)7(3)23-9/h5-9H,4,15H2,1-3H3,(H2,17,18,19,21,22)/i3D. The summed E-state index contributed by atoms with van der Waals surface area (Å²) >= 11 is 0. The van der Waals surface area contributed by atoms with Crippen molar-refractivity contribution in [3.63, 3.8) is 0 Å². The summed E-state index contributed by atoms with van der Waals surface area (Å²) in [4.78, 5) is 34.8. The van der Waals surface area contributed by atoms with E-state index in [0.717, 1.165) is 0 Å². The SMILES string of the molecule is [2H]CC1OC(n2cnc3c(=O)[nH]c(NC(=O)C(C)C)nc32)CC1N. The number of imidazole rings is 1. The third kappa shape index (κ3) is 2.84. The topological polar surface area (TPSA) is 128 Å². The Balaban J connectivity index is 1.97. The summed E-state index contributed by atoms with van der Waals surface area (Å²) in [6, 6.07) is -0.257. The Kier molecular flexibility index (Phi) is 3.58. The second-order valence-corrected chi connectivity index (χ2v) is 5.91. The van der Waals surface area contributed by atoms with Gasteiger partial charge in [-0.2, -0.15) is 4.98 Å². The van der Waals surface area contributed by atoms with Gasteiger partial charge in [0.2, 0.25) is 11.9 Å². The van der Waals surface area contributed by atoms with Gasteiger partial charge in [-0.3, -0.25) is 24.5 Å². The Labute approximate surface area is 133 Å². The number of hydrogen-bond donors (Lipinski definition) is 3. The lowest BCUT2D eigenvalue weighted by molar-refractivity contribution is -0.118. The normalized spacial score (nSPS) is 25.0. The zero-order valence-electron chi connectivity index (χ0n) is 13.9. The molecular weight excluding hydrogens is 300 g/mol. The van der Waals surface area contributed by atoms with Gasteiger partial charge in [-0.25, -0.2) is 4.98 Å². The summed E-state index contributed by atoms with van der Waals surface area (Å²) in [5.74, 6) is -0.436. The van der Waals surface area contributed by atoms with Gasteiger partial charge in [0, 0.05) is 19.8 Å². The van der Waals surface area contributed by atoms with Crippen LogP contribution in [0.2, 0.25) is 0 Å². The van der Waals surface area contributed by atoms with Crippen molar-refractivity contribution in [1.29, 1.82) is 0 Å². The molecule has 0 spiro atoms. The molecule has 3 rings (SSSR count). The monoisotopic (exact) mass is 321 g/mol. The lowest BCUT2D eigenvalue weighted by atomic mass is 10.2. The summed E-state index contributed by atoms with van der Waals surface area (Å²) in [6.07, 6.45) is 1.15. The Morgan fingerprint density at radius 2 is 2.43 bits per heavy atom. The van der Waals surface area contributed by atoms with Crippen LogP contribution in [0.25, 0.3) is 11.2 Å². The summed E-state index contributed by atoms with van der Waals surface area (Å²) < 4.78 is 14.8. The van der Waals surface area contributed by atoms with E-state index in [0.29, 0.717) is 12.1 Å². The van der Waals surface area contributed by atoms with E-state index in [9.17, 15) is 9.59 Å². The molecule has 3 atom stereocenters. The minimum Gasteiger partial charge on any atom is -0.353 e. The number of carbonyl (C=O) groups excluding carboxylic acids is 1. The van der Waals surface area contributed by atoms with Crippen molar-refractivity contribution in [1.82, 2.24) is 19.5 Å². The molecule has 124 valence electrons. The minimum absolute atomic E-state index is 0.0623. The molecule has 1 aliphatic rings. The van der Waals surface area contributed by atoms with Gasteiger partial charge in [0.25, 0.3) is 5.56 Å². The van der Waals surface area contributed by atoms with Crippen molar-refractivity contribution in [3.8, 4) is 0 Å². The second-order valence-electron chi connectivity index (χ2n) is 5.91. The molecule has 1 fully saturated rings. The van der Waals surface area contributed by atoms with Crippen molar-refractivity contribution in [3.05, 3.63) is 16.7 Å². The van der Waals surface area contributed by atoms with Crippen molar-refractivity contribution >= 4 is 23.0 Å². The molecule has 4 N–H and O–H groups in total. The molecule has 1 saturated heterocycles. The average Bonchev–Trinajstić information content (AvgIpc) is 3.10. The molecule has 0 saturated carbocycles. The molecular formula is C14H20N6O3. The van der Waals surface area contributed by atoms with Gasteiger partial charge in [0.1, 0.15) is 6.23 Å². The number of anilines is 1. The molecule has 0 radical (unpaired) electrons. The predicted molar refractivity (Wildman–Crippen MR) is 83.8 cm³/mol. The number of hydrogen-bond acceptors (Lipinski definition) is 6. The second kappa shape index (κ2) is 5.74. The fourth-order valence-corrected chi connectivity index (χ4v) is 2.38. The van der Waals surface area contributed by atoms with Gasteiger partial charge >= 0.3 is 0 Å². The number of H-pyrrole nitrogens is 1. The van der Waals surface area contributed by atoms with Crippen LogP contribution in [0.4, 0.5) is 5.95 Å². The van der Waals surface area contributed by atoms with Gasteiger partial charge < -0.3 is 10.5 Å². The smallest absolute Gasteiger partial charge is 0.280 e. The van der Waals surface area contributed by atoms with Crippen LogP contribution in [0, 0.1) is 5.92 Å². The zero-order chi connectivity index (χ0) is 17.4. The molecule has 0 bridgehead atoms. The van der Waals surface area contributed by atoms with Crippen LogP contribution in [0.3, 0.4) is 0 Å². The molecule has 3 heterocycles. The number of ether oxygens (including phenoxy) is 1. The fourth-order valence-electron chi connectivity index (χ4n) is 2.38. The molecule has 9 heteroatoms. The number of amides is 1. The number of fused-ring (bicyclic) bond motifs is 1.